The molecule has 0 bridgehead atoms. The molecule has 1 aromatic carbocycles. The van der Waals surface area contributed by atoms with E-state index in [2.05, 4.69) is 15.9 Å². The van der Waals surface area contributed by atoms with Gasteiger partial charge in [-0.15, -0.1) is 0 Å². The fraction of sp³-hybridized carbons (Fsp3) is 0.143. The Hall–Kier alpha value is -0.525. The maximum Gasteiger partial charge on any atom is 0.491 e. The number of alkyl halides is 2. The Bertz CT molecular complexity index is 317. The van der Waals surface area contributed by atoms with Crippen LogP contribution in [0.2, 0.25) is 0 Å². The highest BCUT2D eigenvalue weighted by Gasteiger charge is 2.23. The number of rotatable bonds is 2. The minimum absolute atomic E-state index is 0.164. The largest absolute Gasteiger partial charge is 0.491 e. The second kappa shape index (κ2) is 4.33. The van der Waals surface area contributed by atoms with Crippen molar-refractivity contribution in [1.29, 1.82) is 0 Å². The molecule has 0 aliphatic heterocycles. The number of hydrogen-bond acceptors (Lipinski definition) is 2. The molecule has 1 aromatic rings. The monoisotopic (exact) mass is 268 g/mol. The fourth-order valence-corrected chi connectivity index (χ4v) is 1.47. The van der Waals surface area contributed by atoms with Crippen LogP contribution < -0.4 is 5.46 Å². The molecule has 0 radical (unpaired) electrons. The summed E-state index contributed by atoms with van der Waals surface area (Å²) in [7, 11) is -2.11. The first-order chi connectivity index (χ1) is 6.43. The third-order valence-corrected chi connectivity index (χ3v) is 2.06. The van der Waals surface area contributed by atoms with Gasteiger partial charge in [0.25, 0.3) is 6.43 Å². The lowest BCUT2D eigenvalue weighted by Crippen LogP contribution is -2.33. The normalized spacial score (nSPS) is 10.8. The Kier molecular flexibility index (Phi) is 3.57. The van der Waals surface area contributed by atoms with Crippen LogP contribution in [0.5, 0.6) is 0 Å². The highest BCUT2D eigenvalue weighted by atomic mass is 79.9. The van der Waals surface area contributed by atoms with Crippen LogP contribution in [0.3, 0.4) is 0 Å². The van der Waals surface area contributed by atoms with E-state index in [1.165, 1.54) is 0 Å². The molecular weight excluding hydrogens is 264 g/mol. The molecule has 0 aromatic heterocycles. The van der Waals surface area contributed by atoms with Gasteiger partial charge in [-0.2, -0.15) is 0 Å². The van der Waals surface area contributed by atoms with E-state index in [1.807, 2.05) is 0 Å². The highest BCUT2D eigenvalue weighted by molar-refractivity contribution is 9.10. The minimum atomic E-state index is -3.00. The molecule has 2 N–H and O–H groups in total. The van der Waals surface area contributed by atoms with Crippen molar-refractivity contribution in [1.82, 2.24) is 0 Å². The first kappa shape index (κ1) is 11.5. The maximum absolute atomic E-state index is 13.1. The van der Waals surface area contributed by atoms with E-state index in [0.717, 1.165) is 12.1 Å². The van der Waals surface area contributed by atoms with Gasteiger partial charge in [-0.1, -0.05) is 15.9 Å². The van der Waals surface area contributed by atoms with Gasteiger partial charge in [0.05, 0.1) is 5.56 Å². The van der Waals surface area contributed by atoms with Crippen molar-refractivity contribution in [3.8, 4) is 0 Å². The fourth-order valence-electron chi connectivity index (χ4n) is 0.979. The standard InChI is InChI=1S/C7H5BBrF3O2/c9-3-1-4(7(11)12)6(10)5(2-3)8(13)14/h1-2,7,13-14H. The summed E-state index contributed by atoms with van der Waals surface area (Å²) in [4.78, 5) is 0. The Labute approximate surface area is 86.6 Å². The van der Waals surface area contributed by atoms with Crippen LogP contribution in [0.4, 0.5) is 13.2 Å². The summed E-state index contributed by atoms with van der Waals surface area (Å²) in [6, 6.07) is 1.93. The first-order valence-electron chi connectivity index (χ1n) is 3.56. The minimum Gasteiger partial charge on any atom is -0.423 e. The predicted molar refractivity (Wildman–Crippen MR) is 48.9 cm³/mol. The number of hydrogen-bond donors (Lipinski definition) is 2. The van der Waals surface area contributed by atoms with Crippen molar-refractivity contribution in [2.75, 3.05) is 0 Å². The molecule has 0 aliphatic rings. The van der Waals surface area contributed by atoms with E-state index in [-0.39, 0.29) is 4.47 Å². The van der Waals surface area contributed by atoms with E-state index in [0.29, 0.717) is 0 Å². The van der Waals surface area contributed by atoms with Gasteiger partial charge in [0.1, 0.15) is 5.82 Å². The molecule has 14 heavy (non-hydrogen) atoms. The van der Waals surface area contributed by atoms with Crippen LogP contribution in [-0.4, -0.2) is 17.2 Å². The third-order valence-electron chi connectivity index (χ3n) is 1.61. The van der Waals surface area contributed by atoms with E-state index in [1.54, 1.807) is 0 Å². The average Bonchev–Trinajstić information content (AvgIpc) is 2.07. The molecule has 0 spiro atoms. The molecule has 0 saturated carbocycles. The van der Waals surface area contributed by atoms with Crippen LogP contribution in [0.1, 0.15) is 12.0 Å². The van der Waals surface area contributed by atoms with Crippen molar-refractivity contribution in [2.24, 2.45) is 0 Å². The molecule has 0 fully saturated rings. The third kappa shape index (κ3) is 2.28. The second-order valence-corrected chi connectivity index (χ2v) is 3.49. The highest BCUT2D eigenvalue weighted by Crippen LogP contribution is 2.24. The lowest BCUT2D eigenvalue weighted by molar-refractivity contribution is 0.146. The quantitative estimate of drug-likeness (QED) is 0.792. The van der Waals surface area contributed by atoms with Crippen molar-refractivity contribution < 1.29 is 23.2 Å². The molecule has 0 atom stereocenters. The van der Waals surface area contributed by atoms with Gasteiger partial charge in [-0.05, 0) is 12.1 Å². The van der Waals surface area contributed by atoms with Crippen molar-refractivity contribution >= 4 is 28.5 Å². The van der Waals surface area contributed by atoms with Crippen LogP contribution in [-0.2, 0) is 0 Å². The number of benzene rings is 1. The summed E-state index contributed by atoms with van der Waals surface area (Å²) in [5, 5.41) is 17.4. The lowest BCUT2D eigenvalue weighted by Gasteiger charge is -2.07. The van der Waals surface area contributed by atoms with Crippen LogP contribution in [0, 0.1) is 5.82 Å². The molecule has 0 amide bonds. The summed E-state index contributed by atoms with van der Waals surface area (Å²) in [5.74, 6) is -1.29. The Balaban J connectivity index is 3.32. The topological polar surface area (TPSA) is 40.5 Å². The van der Waals surface area contributed by atoms with Crippen LogP contribution >= 0.6 is 15.9 Å². The van der Waals surface area contributed by atoms with E-state index >= 15 is 0 Å². The van der Waals surface area contributed by atoms with Crippen molar-refractivity contribution in [3.05, 3.63) is 28.0 Å². The zero-order valence-corrected chi connectivity index (χ0v) is 8.30. The zero-order chi connectivity index (χ0) is 10.9. The Morgan fingerprint density at radius 3 is 2.29 bits per heavy atom. The summed E-state index contributed by atoms with van der Waals surface area (Å²) in [5.41, 5.74) is -1.43. The molecule has 2 nitrogen and oxygen atoms in total. The van der Waals surface area contributed by atoms with Gasteiger partial charge in [-0.3, -0.25) is 0 Å². The Morgan fingerprint density at radius 2 is 1.86 bits per heavy atom. The summed E-state index contributed by atoms with van der Waals surface area (Å²) in [6.07, 6.45) is -3.00. The number of halogens is 4. The van der Waals surface area contributed by atoms with Gasteiger partial charge >= 0.3 is 7.12 Å². The van der Waals surface area contributed by atoms with Crippen LogP contribution in [0.25, 0.3) is 0 Å². The lowest BCUT2D eigenvalue weighted by atomic mass is 9.79. The molecule has 7 heteroatoms. The maximum atomic E-state index is 13.1. The predicted octanol–water partition coefficient (Wildman–Crippen LogP) is 1.21. The summed E-state index contributed by atoms with van der Waals surface area (Å²) in [6.45, 7) is 0. The first-order valence-corrected chi connectivity index (χ1v) is 4.36. The van der Waals surface area contributed by atoms with Gasteiger partial charge in [0.15, 0.2) is 0 Å². The molecule has 0 unspecified atom stereocenters. The molecule has 1 rings (SSSR count). The van der Waals surface area contributed by atoms with Gasteiger partial charge in [-0.25, -0.2) is 13.2 Å². The molecular formula is C7H5BBrF3O2. The van der Waals surface area contributed by atoms with Gasteiger partial charge in [0, 0.05) is 9.94 Å². The van der Waals surface area contributed by atoms with Gasteiger partial charge in [0.2, 0.25) is 0 Å². The summed E-state index contributed by atoms with van der Waals surface area (Å²) < 4.78 is 37.8. The van der Waals surface area contributed by atoms with E-state index in [4.69, 9.17) is 10.0 Å². The smallest absolute Gasteiger partial charge is 0.423 e. The molecule has 76 valence electrons. The van der Waals surface area contributed by atoms with Crippen LogP contribution in [0.15, 0.2) is 16.6 Å². The molecule has 0 heterocycles. The molecule has 0 saturated heterocycles. The van der Waals surface area contributed by atoms with Gasteiger partial charge < -0.3 is 10.0 Å². The summed E-state index contributed by atoms with van der Waals surface area (Å²) >= 11 is 2.86. The Morgan fingerprint density at radius 1 is 1.29 bits per heavy atom. The SMILES string of the molecule is OB(O)c1cc(Br)cc(C(F)F)c1F. The van der Waals surface area contributed by atoms with Crippen molar-refractivity contribution in [2.45, 2.75) is 6.43 Å². The van der Waals surface area contributed by atoms with Crippen molar-refractivity contribution in [3.63, 3.8) is 0 Å². The molecule has 0 aliphatic carbocycles. The zero-order valence-electron chi connectivity index (χ0n) is 6.72. The van der Waals surface area contributed by atoms with E-state index < -0.39 is 30.4 Å². The average molecular weight is 269 g/mol. The van der Waals surface area contributed by atoms with E-state index in [9.17, 15) is 13.2 Å². The second-order valence-electron chi connectivity index (χ2n) is 2.57.